The molecule has 1 atom stereocenters. The van der Waals surface area contributed by atoms with E-state index in [1.54, 1.807) is 12.4 Å². The Balaban J connectivity index is 1.35. The molecule has 1 amide bonds. The Bertz CT molecular complexity index is 951. The van der Waals surface area contributed by atoms with Crippen LogP contribution in [0.4, 0.5) is 5.95 Å². The van der Waals surface area contributed by atoms with Crippen LogP contribution in [0.15, 0.2) is 54.9 Å². The first-order valence-corrected chi connectivity index (χ1v) is 9.74. The van der Waals surface area contributed by atoms with Crippen LogP contribution in [0.3, 0.4) is 0 Å². The number of fused-ring (bicyclic) bond motifs is 1. The Labute approximate surface area is 164 Å². The minimum Gasteiger partial charge on any atom is -0.368 e. The molecule has 0 unspecified atom stereocenters. The summed E-state index contributed by atoms with van der Waals surface area (Å²) >= 11 is 0. The number of hydrogen-bond acceptors (Lipinski definition) is 5. The summed E-state index contributed by atoms with van der Waals surface area (Å²) in [4.78, 5) is 23.3. The highest BCUT2D eigenvalue weighted by molar-refractivity contribution is 6.06. The third-order valence-electron chi connectivity index (χ3n) is 5.32. The summed E-state index contributed by atoms with van der Waals surface area (Å²) < 4.78 is 0. The zero-order chi connectivity index (χ0) is 19.3. The Morgan fingerprint density at radius 3 is 2.79 bits per heavy atom. The number of aromatic nitrogens is 2. The lowest BCUT2D eigenvalue weighted by Gasteiger charge is -2.32. The van der Waals surface area contributed by atoms with Gasteiger partial charge in [-0.2, -0.15) is 0 Å². The highest BCUT2D eigenvalue weighted by Gasteiger charge is 2.21. The summed E-state index contributed by atoms with van der Waals surface area (Å²) in [7, 11) is 0. The van der Waals surface area contributed by atoms with Crippen molar-refractivity contribution in [3.05, 3.63) is 66.0 Å². The third-order valence-corrected chi connectivity index (χ3v) is 5.32. The number of nitrogen functional groups attached to an aromatic ring is 1. The van der Waals surface area contributed by atoms with Gasteiger partial charge in [-0.1, -0.05) is 36.4 Å². The van der Waals surface area contributed by atoms with Crippen molar-refractivity contribution in [2.45, 2.75) is 19.4 Å². The maximum Gasteiger partial charge on any atom is 0.251 e. The molecule has 4 rings (SSSR count). The molecule has 1 aliphatic rings. The number of nitrogens with zero attached hydrogens (tertiary/aromatic N) is 3. The van der Waals surface area contributed by atoms with E-state index in [0.29, 0.717) is 18.4 Å². The van der Waals surface area contributed by atoms with Crippen LogP contribution in [0.25, 0.3) is 10.8 Å². The van der Waals surface area contributed by atoms with Gasteiger partial charge in [-0.3, -0.25) is 9.69 Å². The van der Waals surface area contributed by atoms with Gasteiger partial charge in [0.05, 0.1) is 0 Å². The molecule has 0 bridgehead atoms. The average Bonchev–Trinajstić information content (AvgIpc) is 2.73. The number of hydrogen-bond donors (Lipinski definition) is 2. The zero-order valence-electron chi connectivity index (χ0n) is 15.8. The van der Waals surface area contributed by atoms with Crippen LogP contribution in [0.5, 0.6) is 0 Å². The molecule has 28 heavy (non-hydrogen) atoms. The fraction of sp³-hybridized carbons (Fsp3) is 0.318. The number of likely N-dealkylation sites (tertiary alicyclic amines) is 1. The molecule has 1 aromatic heterocycles. The van der Waals surface area contributed by atoms with Crippen molar-refractivity contribution in [2.75, 3.05) is 25.4 Å². The summed E-state index contributed by atoms with van der Waals surface area (Å²) in [6.45, 7) is 3.52. The molecule has 144 valence electrons. The molecule has 0 spiro atoms. The molecule has 6 heteroatoms. The van der Waals surface area contributed by atoms with Gasteiger partial charge in [0.2, 0.25) is 5.95 Å². The predicted molar refractivity (Wildman–Crippen MR) is 111 cm³/mol. The molecular weight excluding hydrogens is 350 g/mol. The van der Waals surface area contributed by atoms with E-state index in [0.717, 1.165) is 54.4 Å². The summed E-state index contributed by atoms with van der Waals surface area (Å²) in [6, 6.07) is 13.9. The summed E-state index contributed by atoms with van der Waals surface area (Å²) in [6.07, 6.45) is 5.83. The van der Waals surface area contributed by atoms with Crippen LogP contribution in [0.2, 0.25) is 0 Å². The van der Waals surface area contributed by atoms with Crippen molar-refractivity contribution < 1.29 is 4.79 Å². The van der Waals surface area contributed by atoms with Gasteiger partial charge in [0.25, 0.3) is 5.91 Å². The summed E-state index contributed by atoms with van der Waals surface area (Å²) in [5.74, 6) is 0.750. The Morgan fingerprint density at radius 1 is 1.14 bits per heavy atom. The molecule has 0 aliphatic carbocycles. The Kier molecular flexibility index (Phi) is 5.48. The lowest BCUT2D eigenvalue weighted by molar-refractivity contribution is 0.0932. The van der Waals surface area contributed by atoms with Crippen LogP contribution >= 0.6 is 0 Å². The Hall–Kier alpha value is -2.99. The maximum absolute atomic E-state index is 12.8. The molecule has 1 saturated heterocycles. The number of rotatable bonds is 5. The number of nitrogens with two attached hydrogens (primary N) is 1. The number of piperidine rings is 1. The van der Waals surface area contributed by atoms with Crippen molar-refractivity contribution in [3.8, 4) is 0 Å². The minimum absolute atomic E-state index is 0.000794. The largest absolute Gasteiger partial charge is 0.368 e. The van der Waals surface area contributed by atoms with E-state index in [9.17, 15) is 4.79 Å². The van der Waals surface area contributed by atoms with Gasteiger partial charge in [-0.05, 0) is 42.1 Å². The number of amides is 1. The fourth-order valence-electron chi connectivity index (χ4n) is 3.92. The van der Waals surface area contributed by atoms with Gasteiger partial charge in [-0.25, -0.2) is 9.97 Å². The van der Waals surface area contributed by atoms with Gasteiger partial charge in [0.15, 0.2) is 0 Å². The Morgan fingerprint density at radius 2 is 1.93 bits per heavy atom. The number of carbonyl (C=O) groups is 1. The highest BCUT2D eigenvalue weighted by atomic mass is 16.1. The van der Waals surface area contributed by atoms with Crippen LogP contribution in [-0.2, 0) is 6.54 Å². The van der Waals surface area contributed by atoms with Crippen LogP contribution < -0.4 is 11.1 Å². The third kappa shape index (κ3) is 4.28. The van der Waals surface area contributed by atoms with Gasteiger partial charge < -0.3 is 11.1 Å². The minimum atomic E-state index is 0.000794. The van der Waals surface area contributed by atoms with E-state index in [-0.39, 0.29) is 5.91 Å². The monoisotopic (exact) mass is 375 g/mol. The molecule has 1 fully saturated rings. The van der Waals surface area contributed by atoms with Crippen molar-refractivity contribution in [3.63, 3.8) is 0 Å². The fourth-order valence-corrected chi connectivity index (χ4v) is 3.92. The molecular formula is C22H25N5O. The van der Waals surface area contributed by atoms with Crippen LogP contribution in [0.1, 0.15) is 28.8 Å². The molecule has 0 saturated carbocycles. The van der Waals surface area contributed by atoms with E-state index in [1.807, 2.05) is 42.5 Å². The SMILES string of the molecule is Nc1ncc(CN2CCC[C@H](CNC(=O)c3cccc4ccccc34)C2)cn1. The van der Waals surface area contributed by atoms with Gasteiger partial charge in [0.1, 0.15) is 0 Å². The molecule has 1 aliphatic heterocycles. The standard InChI is InChI=1S/C22H25N5O/c23-22-25-12-17(13-26-22)15-27-10-4-5-16(14-27)11-24-21(28)20-9-3-7-18-6-1-2-8-19(18)20/h1-3,6-9,12-13,16H,4-5,10-11,14-15H2,(H,24,28)(H2,23,25,26)/t16-/m1/s1. The molecule has 6 nitrogen and oxygen atoms in total. The predicted octanol–water partition coefficient (Wildman–Crippen LogP) is 2.85. The van der Waals surface area contributed by atoms with Crippen LogP contribution in [0, 0.1) is 5.92 Å². The van der Waals surface area contributed by atoms with Crippen LogP contribution in [-0.4, -0.2) is 40.4 Å². The number of benzene rings is 2. The zero-order valence-corrected chi connectivity index (χ0v) is 15.8. The quantitative estimate of drug-likeness (QED) is 0.716. The average molecular weight is 375 g/mol. The first-order chi connectivity index (χ1) is 13.7. The van der Waals surface area contributed by atoms with E-state index in [2.05, 4.69) is 20.2 Å². The van der Waals surface area contributed by atoms with Crippen molar-refractivity contribution in [1.82, 2.24) is 20.2 Å². The van der Waals surface area contributed by atoms with Gasteiger partial charge in [-0.15, -0.1) is 0 Å². The lowest BCUT2D eigenvalue weighted by Crippen LogP contribution is -2.40. The smallest absolute Gasteiger partial charge is 0.251 e. The van der Waals surface area contributed by atoms with E-state index < -0.39 is 0 Å². The first kappa shape index (κ1) is 18.4. The number of anilines is 1. The first-order valence-electron chi connectivity index (χ1n) is 9.74. The molecule has 3 aromatic rings. The second-order valence-electron chi connectivity index (χ2n) is 7.43. The van der Waals surface area contributed by atoms with Crippen molar-refractivity contribution >= 4 is 22.6 Å². The van der Waals surface area contributed by atoms with Crippen molar-refractivity contribution in [2.24, 2.45) is 5.92 Å². The number of carbonyl (C=O) groups excluding carboxylic acids is 1. The molecule has 3 N–H and O–H groups in total. The van der Waals surface area contributed by atoms with Gasteiger partial charge >= 0.3 is 0 Å². The maximum atomic E-state index is 12.8. The number of nitrogens with one attached hydrogen (secondary N) is 1. The summed E-state index contributed by atoms with van der Waals surface area (Å²) in [5, 5.41) is 5.23. The van der Waals surface area contributed by atoms with Gasteiger partial charge in [0, 0.05) is 43.2 Å². The normalized spacial score (nSPS) is 17.5. The topological polar surface area (TPSA) is 84.1 Å². The highest BCUT2D eigenvalue weighted by Crippen LogP contribution is 2.20. The summed E-state index contributed by atoms with van der Waals surface area (Å²) in [5.41, 5.74) is 7.36. The van der Waals surface area contributed by atoms with Crippen molar-refractivity contribution in [1.29, 1.82) is 0 Å². The second kappa shape index (κ2) is 8.35. The van der Waals surface area contributed by atoms with E-state index in [4.69, 9.17) is 5.73 Å². The van der Waals surface area contributed by atoms with E-state index >= 15 is 0 Å². The second-order valence-corrected chi connectivity index (χ2v) is 7.43. The van der Waals surface area contributed by atoms with E-state index in [1.165, 1.54) is 0 Å². The molecule has 0 radical (unpaired) electrons. The molecule has 2 heterocycles. The molecule has 2 aromatic carbocycles. The lowest BCUT2D eigenvalue weighted by atomic mass is 9.97.